The van der Waals surface area contributed by atoms with E-state index in [1.54, 1.807) is 6.07 Å². The second-order valence-electron chi connectivity index (χ2n) is 4.26. The molecule has 1 aromatic rings. The first-order valence-corrected chi connectivity index (χ1v) is 7.86. The number of hydrogen-bond donors (Lipinski definition) is 1. The number of nitrogens with one attached hydrogen (secondary N) is 1. The van der Waals surface area contributed by atoms with Gasteiger partial charge >= 0.3 is 0 Å². The second-order valence-corrected chi connectivity index (χ2v) is 6.27. The molecule has 2 rings (SSSR count). The van der Waals surface area contributed by atoms with Crippen LogP contribution in [0.5, 0.6) is 0 Å². The second kappa shape index (κ2) is 6.38. The molecule has 0 bridgehead atoms. The van der Waals surface area contributed by atoms with Crippen molar-refractivity contribution in [1.82, 2.24) is 5.32 Å². The van der Waals surface area contributed by atoms with Gasteiger partial charge in [-0.1, -0.05) is 6.07 Å². The molecule has 0 aliphatic carbocycles. The van der Waals surface area contributed by atoms with Crippen LogP contribution in [0.2, 0.25) is 0 Å². The molecule has 0 radical (unpaired) electrons. The average Bonchev–Trinajstić information content (AvgIpc) is 2.39. The molecule has 1 aromatic carbocycles. The van der Waals surface area contributed by atoms with Crippen LogP contribution in [0.25, 0.3) is 0 Å². The minimum absolute atomic E-state index is 0.0909. The monoisotopic (exact) mass is 344 g/mol. The fourth-order valence-electron chi connectivity index (χ4n) is 1.94. The van der Waals surface area contributed by atoms with Gasteiger partial charge in [-0.05, 0) is 46.3 Å². The van der Waals surface area contributed by atoms with Crippen molar-refractivity contribution in [2.75, 3.05) is 11.5 Å². The van der Waals surface area contributed by atoms with Gasteiger partial charge < -0.3 is 5.32 Å². The van der Waals surface area contributed by atoms with Crippen molar-refractivity contribution in [1.29, 1.82) is 0 Å². The van der Waals surface area contributed by atoms with Gasteiger partial charge in [-0.15, -0.1) is 0 Å². The van der Waals surface area contributed by atoms with Crippen LogP contribution in [0, 0.1) is 10.1 Å². The molecule has 7 heteroatoms. The number of rotatable bonds is 3. The average molecular weight is 345 g/mol. The number of nitrogens with zero attached hydrogens (tertiary/aromatic N) is 1. The molecule has 1 aliphatic rings. The first-order valence-electron chi connectivity index (χ1n) is 5.91. The van der Waals surface area contributed by atoms with Crippen LogP contribution in [-0.2, 0) is 0 Å². The molecule has 1 aliphatic heterocycles. The summed E-state index contributed by atoms with van der Waals surface area (Å²) in [4.78, 5) is 22.5. The zero-order chi connectivity index (χ0) is 13.8. The number of hydrogen-bond acceptors (Lipinski definition) is 4. The number of carbonyl (C=O) groups is 1. The van der Waals surface area contributed by atoms with Crippen molar-refractivity contribution in [2.24, 2.45) is 0 Å². The predicted octanol–water partition coefficient (Wildman–Crippen LogP) is 2.98. The largest absolute Gasteiger partial charge is 0.349 e. The normalized spacial score (nSPS) is 16.1. The van der Waals surface area contributed by atoms with Crippen molar-refractivity contribution < 1.29 is 9.72 Å². The van der Waals surface area contributed by atoms with E-state index in [1.165, 1.54) is 12.1 Å². The van der Waals surface area contributed by atoms with E-state index < -0.39 is 4.92 Å². The highest BCUT2D eigenvalue weighted by atomic mass is 79.9. The van der Waals surface area contributed by atoms with Gasteiger partial charge in [-0.2, -0.15) is 11.8 Å². The van der Waals surface area contributed by atoms with E-state index in [0.717, 1.165) is 24.3 Å². The topological polar surface area (TPSA) is 72.2 Å². The van der Waals surface area contributed by atoms with Crippen LogP contribution in [0.15, 0.2) is 22.7 Å². The summed E-state index contributed by atoms with van der Waals surface area (Å²) in [7, 11) is 0. The minimum atomic E-state index is -0.502. The molecule has 0 atom stereocenters. The lowest BCUT2D eigenvalue weighted by Gasteiger charge is -2.22. The van der Waals surface area contributed by atoms with E-state index in [1.807, 2.05) is 11.8 Å². The van der Waals surface area contributed by atoms with Gasteiger partial charge in [-0.3, -0.25) is 14.9 Å². The molecule has 1 N–H and O–H groups in total. The molecule has 0 saturated carbocycles. The molecule has 5 nitrogen and oxygen atoms in total. The summed E-state index contributed by atoms with van der Waals surface area (Å²) in [6.07, 6.45) is 1.89. The van der Waals surface area contributed by atoms with Crippen LogP contribution in [0.3, 0.4) is 0 Å². The minimum Gasteiger partial charge on any atom is -0.349 e. The smallest absolute Gasteiger partial charge is 0.284 e. The summed E-state index contributed by atoms with van der Waals surface area (Å²) in [5.74, 6) is 1.83. The van der Waals surface area contributed by atoms with Gasteiger partial charge in [0.2, 0.25) is 0 Å². The van der Waals surface area contributed by atoms with E-state index in [0.29, 0.717) is 5.56 Å². The van der Waals surface area contributed by atoms with Gasteiger partial charge in [-0.25, -0.2) is 0 Å². The summed E-state index contributed by atoms with van der Waals surface area (Å²) in [5, 5.41) is 13.8. The molecule has 1 heterocycles. The van der Waals surface area contributed by atoms with Gasteiger partial charge in [0.1, 0.15) is 4.47 Å². The lowest BCUT2D eigenvalue weighted by atomic mass is 10.1. The SMILES string of the molecule is O=C(NC1CCSCC1)c1cccc([N+](=O)[O-])c1Br. The summed E-state index contributed by atoms with van der Waals surface area (Å²) < 4.78 is 0.239. The molecule has 0 aromatic heterocycles. The molecular weight excluding hydrogens is 332 g/mol. The van der Waals surface area contributed by atoms with E-state index >= 15 is 0 Å². The third-order valence-electron chi connectivity index (χ3n) is 2.98. The van der Waals surface area contributed by atoms with Crippen molar-refractivity contribution in [2.45, 2.75) is 18.9 Å². The fourth-order valence-corrected chi connectivity index (χ4v) is 3.64. The van der Waals surface area contributed by atoms with E-state index in [-0.39, 0.29) is 22.1 Å². The highest BCUT2D eigenvalue weighted by Gasteiger charge is 2.22. The third kappa shape index (κ3) is 3.48. The zero-order valence-corrected chi connectivity index (χ0v) is 12.5. The van der Waals surface area contributed by atoms with Gasteiger partial charge in [0.25, 0.3) is 11.6 Å². The maximum Gasteiger partial charge on any atom is 0.284 e. The van der Waals surface area contributed by atoms with Crippen LogP contribution in [-0.4, -0.2) is 28.4 Å². The predicted molar refractivity (Wildman–Crippen MR) is 78.6 cm³/mol. The number of nitro benzene ring substituents is 1. The number of carbonyl (C=O) groups excluding carboxylic acids is 1. The van der Waals surface area contributed by atoms with E-state index in [2.05, 4.69) is 21.2 Å². The molecular formula is C12H13BrN2O3S. The fraction of sp³-hybridized carbons (Fsp3) is 0.417. The highest BCUT2D eigenvalue weighted by Crippen LogP contribution is 2.28. The first kappa shape index (κ1) is 14.3. The van der Waals surface area contributed by atoms with Crippen molar-refractivity contribution in [3.8, 4) is 0 Å². The Balaban J connectivity index is 2.14. The van der Waals surface area contributed by atoms with Gasteiger partial charge in [0, 0.05) is 12.1 Å². The van der Waals surface area contributed by atoms with E-state index in [4.69, 9.17) is 0 Å². The Morgan fingerprint density at radius 2 is 2.11 bits per heavy atom. The van der Waals surface area contributed by atoms with Crippen LogP contribution in [0.4, 0.5) is 5.69 Å². The third-order valence-corrected chi connectivity index (χ3v) is 4.86. The van der Waals surface area contributed by atoms with Crippen LogP contribution < -0.4 is 5.32 Å². The van der Waals surface area contributed by atoms with Crippen molar-refractivity contribution in [3.63, 3.8) is 0 Å². The molecule has 1 fully saturated rings. The maximum absolute atomic E-state index is 12.1. The van der Waals surface area contributed by atoms with Gasteiger partial charge in [0.15, 0.2) is 0 Å². The first-order chi connectivity index (χ1) is 9.09. The quantitative estimate of drug-likeness (QED) is 0.675. The Bertz CT molecular complexity index is 504. The summed E-state index contributed by atoms with van der Waals surface area (Å²) in [6, 6.07) is 4.65. The lowest BCUT2D eigenvalue weighted by molar-refractivity contribution is -0.385. The molecule has 0 spiro atoms. The van der Waals surface area contributed by atoms with Crippen LogP contribution >= 0.6 is 27.7 Å². The Morgan fingerprint density at radius 3 is 2.74 bits per heavy atom. The number of thioether (sulfide) groups is 1. The molecule has 102 valence electrons. The summed E-state index contributed by atoms with van der Waals surface area (Å²) >= 11 is 5.02. The Hall–Kier alpha value is -1.08. The lowest BCUT2D eigenvalue weighted by Crippen LogP contribution is -2.37. The van der Waals surface area contributed by atoms with Gasteiger partial charge in [0.05, 0.1) is 10.5 Å². The highest BCUT2D eigenvalue weighted by molar-refractivity contribution is 9.10. The van der Waals surface area contributed by atoms with Crippen molar-refractivity contribution >= 4 is 39.3 Å². The number of nitro groups is 1. The molecule has 19 heavy (non-hydrogen) atoms. The van der Waals surface area contributed by atoms with E-state index in [9.17, 15) is 14.9 Å². The standard InChI is InChI=1S/C12H13BrN2O3S/c13-11-9(2-1-3-10(11)15(17)18)12(16)14-8-4-6-19-7-5-8/h1-3,8H,4-7H2,(H,14,16). The maximum atomic E-state index is 12.1. The number of benzene rings is 1. The molecule has 1 amide bonds. The van der Waals surface area contributed by atoms with Crippen LogP contribution in [0.1, 0.15) is 23.2 Å². The Kier molecular flexibility index (Phi) is 4.81. The summed E-state index contributed by atoms with van der Waals surface area (Å²) in [5.41, 5.74) is 0.222. The summed E-state index contributed by atoms with van der Waals surface area (Å²) in [6.45, 7) is 0. The van der Waals surface area contributed by atoms with Crippen molar-refractivity contribution in [3.05, 3.63) is 38.3 Å². The molecule has 0 unspecified atom stereocenters. The number of halogens is 1. The number of amides is 1. The Labute approximate surface area is 123 Å². The Morgan fingerprint density at radius 1 is 1.42 bits per heavy atom. The zero-order valence-electron chi connectivity index (χ0n) is 10.1. The molecule has 1 saturated heterocycles.